The van der Waals surface area contributed by atoms with Crippen LogP contribution in [0.15, 0.2) is 5.57 Å². The summed E-state index contributed by atoms with van der Waals surface area (Å²) < 4.78 is 0. The predicted molar refractivity (Wildman–Crippen MR) is 60.8 cm³/mol. The van der Waals surface area contributed by atoms with Crippen LogP contribution >= 0.6 is 0 Å². The summed E-state index contributed by atoms with van der Waals surface area (Å²) in [4.78, 5) is 0. The summed E-state index contributed by atoms with van der Waals surface area (Å²) in [6.45, 7) is 13.4. The van der Waals surface area contributed by atoms with Gasteiger partial charge in [0.1, 0.15) is 0 Å². The van der Waals surface area contributed by atoms with Crippen LogP contribution in [0.5, 0.6) is 0 Å². The van der Waals surface area contributed by atoms with Crippen molar-refractivity contribution in [1.82, 2.24) is 0 Å². The molecule has 2 aliphatic rings. The number of rotatable bonds is 1. The van der Waals surface area contributed by atoms with E-state index >= 15 is 0 Å². The van der Waals surface area contributed by atoms with Gasteiger partial charge in [-0.25, -0.2) is 0 Å². The molecule has 15 heavy (non-hydrogen) atoms. The van der Waals surface area contributed by atoms with Gasteiger partial charge in [0.2, 0.25) is 0 Å². The van der Waals surface area contributed by atoms with Crippen LogP contribution in [0.4, 0.5) is 0 Å². The predicted octanol–water partition coefficient (Wildman–Crippen LogP) is 4.22. The summed E-state index contributed by atoms with van der Waals surface area (Å²) in [5.41, 5.74) is 1.85. The molecule has 0 heterocycles. The quantitative estimate of drug-likeness (QED) is 0.631. The third-order valence-corrected chi connectivity index (χ3v) is 4.84. The van der Waals surface area contributed by atoms with Gasteiger partial charge < -0.3 is 6.58 Å². The minimum absolute atomic E-state index is 0. The summed E-state index contributed by atoms with van der Waals surface area (Å²) in [5.74, 6) is 2.48. The molecule has 83 valence electrons. The van der Waals surface area contributed by atoms with E-state index in [9.17, 15) is 0 Å². The van der Waals surface area contributed by atoms with Crippen molar-refractivity contribution in [2.24, 2.45) is 23.2 Å². The summed E-state index contributed by atoms with van der Waals surface area (Å²) in [5, 5.41) is 0. The fourth-order valence-electron chi connectivity index (χ4n) is 4.18. The molecule has 2 rings (SSSR count). The maximum Gasteiger partial charge on any atom is 0 e. The van der Waals surface area contributed by atoms with Gasteiger partial charge in [-0.1, -0.05) is 33.6 Å². The van der Waals surface area contributed by atoms with Gasteiger partial charge in [0.25, 0.3) is 0 Å². The fourth-order valence-corrected chi connectivity index (χ4v) is 4.18. The first-order valence-electron chi connectivity index (χ1n) is 6.17. The second-order valence-corrected chi connectivity index (χ2v) is 5.91. The van der Waals surface area contributed by atoms with Crippen LogP contribution < -0.4 is 0 Å². The molecular weight excluding hydrogens is 257 g/mol. The number of hydrogen-bond acceptors (Lipinski definition) is 0. The van der Waals surface area contributed by atoms with E-state index in [0.717, 1.165) is 17.8 Å². The summed E-state index contributed by atoms with van der Waals surface area (Å²) >= 11 is 0. The van der Waals surface area contributed by atoms with Crippen LogP contribution in [0.3, 0.4) is 0 Å². The molecule has 0 saturated heterocycles. The van der Waals surface area contributed by atoms with Crippen molar-refractivity contribution >= 4 is 0 Å². The second kappa shape index (κ2) is 5.00. The van der Waals surface area contributed by atoms with Crippen molar-refractivity contribution in [3.8, 4) is 0 Å². The van der Waals surface area contributed by atoms with E-state index in [4.69, 9.17) is 6.58 Å². The average molecular weight is 280 g/mol. The molecule has 0 aromatic heterocycles. The zero-order valence-corrected chi connectivity index (χ0v) is 13.3. The van der Waals surface area contributed by atoms with Crippen molar-refractivity contribution in [3.63, 3.8) is 0 Å². The Morgan fingerprint density at radius 1 is 1.33 bits per heavy atom. The molecule has 0 amide bonds. The molecule has 2 fully saturated rings. The van der Waals surface area contributed by atoms with Crippen molar-refractivity contribution in [1.29, 1.82) is 0 Å². The third kappa shape index (κ3) is 2.27. The minimum atomic E-state index is 0. The minimum Gasteiger partial charge on any atom is -0.514 e. The van der Waals surface area contributed by atoms with Gasteiger partial charge in [-0.3, -0.25) is 5.57 Å². The van der Waals surface area contributed by atoms with E-state index in [1.54, 1.807) is 0 Å². The van der Waals surface area contributed by atoms with Gasteiger partial charge in [-0.05, 0) is 42.4 Å². The Morgan fingerprint density at radius 3 is 2.60 bits per heavy atom. The standard InChI is InChI=1S/C14H23.Y/c1-10(2)12-7-8-13-11(3)6-5-9-14(12,13)4;/h3,10,12-13H,5-9H2,1-2,4H3;/q-1;/t12-,13?,14-;/m1./s1. The molecular formula is C14H23Y-. The maximum atomic E-state index is 6.18. The fraction of sp³-hybridized carbons (Fsp3) is 0.857. The molecule has 0 spiro atoms. The Bertz CT molecular complexity index is 244. The van der Waals surface area contributed by atoms with Crippen molar-refractivity contribution in [2.75, 3.05) is 0 Å². The Balaban J connectivity index is 0.00000112. The SMILES string of the molecule is [CH-]=C1CCC[C@@]2(C)C1CC[C@@H]2C(C)C.[Y]. The van der Waals surface area contributed by atoms with Gasteiger partial charge in [0.05, 0.1) is 0 Å². The molecule has 0 aliphatic heterocycles. The Morgan fingerprint density at radius 2 is 2.00 bits per heavy atom. The third-order valence-electron chi connectivity index (χ3n) is 4.84. The monoisotopic (exact) mass is 280 g/mol. The summed E-state index contributed by atoms with van der Waals surface area (Å²) in [7, 11) is 0. The molecule has 0 aromatic carbocycles. The van der Waals surface area contributed by atoms with E-state index < -0.39 is 0 Å². The van der Waals surface area contributed by atoms with Crippen molar-refractivity contribution in [2.45, 2.75) is 52.9 Å². The first kappa shape index (κ1) is 13.9. The molecule has 2 saturated carbocycles. The van der Waals surface area contributed by atoms with Crippen LogP contribution in [0.25, 0.3) is 0 Å². The van der Waals surface area contributed by atoms with Crippen LogP contribution in [0, 0.1) is 29.7 Å². The largest absolute Gasteiger partial charge is 0.514 e. The normalized spacial score (nSPS) is 40.1. The van der Waals surface area contributed by atoms with E-state index in [1.165, 1.54) is 37.7 Å². The molecule has 0 bridgehead atoms. The van der Waals surface area contributed by atoms with Crippen molar-refractivity contribution < 1.29 is 32.7 Å². The van der Waals surface area contributed by atoms with Crippen molar-refractivity contribution in [3.05, 3.63) is 12.2 Å². The van der Waals surface area contributed by atoms with Gasteiger partial charge in [-0.2, -0.15) is 0 Å². The first-order valence-corrected chi connectivity index (χ1v) is 6.17. The topological polar surface area (TPSA) is 0 Å². The van der Waals surface area contributed by atoms with Crippen LogP contribution in [-0.4, -0.2) is 0 Å². The van der Waals surface area contributed by atoms with Gasteiger partial charge >= 0.3 is 0 Å². The molecule has 0 N–H and O–H groups in total. The number of hydrogen-bond donors (Lipinski definition) is 0. The summed E-state index contributed by atoms with van der Waals surface area (Å²) in [6, 6.07) is 0. The average Bonchev–Trinajstić information content (AvgIpc) is 2.43. The van der Waals surface area contributed by atoms with E-state index in [1.807, 2.05) is 0 Å². The zero-order valence-electron chi connectivity index (χ0n) is 10.4. The molecule has 1 heteroatoms. The molecule has 1 radical (unpaired) electrons. The van der Waals surface area contributed by atoms with E-state index in [-0.39, 0.29) is 32.7 Å². The first-order chi connectivity index (χ1) is 6.55. The van der Waals surface area contributed by atoms with E-state index in [2.05, 4.69) is 20.8 Å². The van der Waals surface area contributed by atoms with Crippen LogP contribution in [0.2, 0.25) is 0 Å². The van der Waals surface area contributed by atoms with Crippen LogP contribution in [-0.2, 0) is 32.7 Å². The zero-order chi connectivity index (χ0) is 10.3. The van der Waals surface area contributed by atoms with E-state index in [0.29, 0.717) is 5.41 Å². The second-order valence-electron chi connectivity index (χ2n) is 5.91. The summed E-state index contributed by atoms with van der Waals surface area (Å²) in [6.07, 6.45) is 6.67. The molecule has 0 aromatic rings. The Labute approximate surface area is 120 Å². The molecule has 1 unspecified atom stereocenters. The smallest absolute Gasteiger partial charge is 0 e. The molecule has 3 atom stereocenters. The van der Waals surface area contributed by atoms with Gasteiger partial charge in [0, 0.05) is 32.7 Å². The van der Waals surface area contributed by atoms with Gasteiger partial charge in [0.15, 0.2) is 0 Å². The van der Waals surface area contributed by atoms with Crippen LogP contribution in [0.1, 0.15) is 52.9 Å². The molecule has 2 aliphatic carbocycles. The Hall–Kier alpha value is 0.844. The van der Waals surface area contributed by atoms with Gasteiger partial charge in [-0.15, -0.1) is 0 Å². The number of fused-ring (bicyclic) bond motifs is 1. The molecule has 0 nitrogen and oxygen atoms in total. The Kier molecular flexibility index (Phi) is 4.64. The maximum absolute atomic E-state index is 6.18. The number of allylic oxidation sites excluding steroid dienone is 1.